The number of piperidine rings is 1. The van der Waals surface area contributed by atoms with Crippen LogP contribution in [0, 0.1) is 17.7 Å². The first-order valence-electron chi connectivity index (χ1n) is 10.1. The second-order valence-electron chi connectivity index (χ2n) is 7.72. The number of benzene rings is 2. The number of anilines is 1. The van der Waals surface area contributed by atoms with Crippen molar-refractivity contribution in [3.8, 4) is 0 Å². The van der Waals surface area contributed by atoms with E-state index in [1.165, 1.54) is 37.1 Å². The molecule has 0 saturated carbocycles. The second-order valence-corrected chi connectivity index (χ2v) is 7.72. The van der Waals surface area contributed by atoms with Crippen LogP contribution in [0.4, 0.5) is 10.1 Å². The highest BCUT2D eigenvalue weighted by atomic mass is 35.5. The Morgan fingerprint density at radius 3 is 2.47 bits per heavy atom. The van der Waals surface area contributed by atoms with Gasteiger partial charge in [-0.15, -0.1) is 12.4 Å². The third-order valence-corrected chi connectivity index (χ3v) is 5.45. The van der Waals surface area contributed by atoms with Gasteiger partial charge in [0.25, 0.3) is 5.91 Å². The molecular weight excluding hydrogens is 405 g/mol. The minimum Gasteiger partial charge on any atom is -0.352 e. The lowest BCUT2D eigenvalue weighted by molar-refractivity contribution is -0.122. The van der Waals surface area contributed by atoms with Gasteiger partial charge in [-0.1, -0.05) is 19.1 Å². The van der Waals surface area contributed by atoms with Crippen LogP contribution >= 0.6 is 12.4 Å². The molecule has 2 atom stereocenters. The molecule has 3 rings (SSSR count). The quantitative estimate of drug-likeness (QED) is 0.614. The summed E-state index contributed by atoms with van der Waals surface area (Å²) >= 11 is 0. The third-order valence-electron chi connectivity index (χ3n) is 5.45. The Bertz CT molecular complexity index is 821. The Morgan fingerprint density at radius 1 is 1.13 bits per heavy atom. The highest BCUT2D eigenvalue weighted by molar-refractivity contribution is 6.04. The molecule has 5 nitrogen and oxygen atoms in total. The fraction of sp³-hybridized carbons (Fsp3) is 0.391. The number of halogens is 2. The molecule has 2 amide bonds. The maximum Gasteiger partial charge on any atom is 0.255 e. The number of carbonyl (C=O) groups is 2. The van der Waals surface area contributed by atoms with Crippen molar-refractivity contribution < 1.29 is 14.0 Å². The summed E-state index contributed by atoms with van der Waals surface area (Å²) in [5, 5.41) is 9.09. The summed E-state index contributed by atoms with van der Waals surface area (Å²) in [4.78, 5) is 24.5. The van der Waals surface area contributed by atoms with Crippen LogP contribution in [0.15, 0.2) is 48.5 Å². The molecule has 0 aliphatic carbocycles. The molecule has 0 aromatic heterocycles. The lowest BCUT2D eigenvalue weighted by atomic mass is 9.85. The average molecular weight is 434 g/mol. The fourth-order valence-corrected chi connectivity index (χ4v) is 3.61. The third kappa shape index (κ3) is 7.11. The lowest BCUT2D eigenvalue weighted by Crippen LogP contribution is -2.35. The fourth-order valence-electron chi connectivity index (χ4n) is 3.61. The van der Waals surface area contributed by atoms with Crippen molar-refractivity contribution in [3.63, 3.8) is 0 Å². The van der Waals surface area contributed by atoms with Gasteiger partial charge in [0.15, 0.2) is 0 Å². The van der Waals surface area contributed by atoms with Crippen LogP contribution < -0.4 is 16.0 Å². The largest absolute Gasteiger partial charge is 0.352 e. The van der Waals surface area contributed by atoms with Crippen molar-refractivity contribution >= 4 is 29.9 Å². The summed E-state index contributed by atoms with van der Waals surface area (Å²) in [7, 11) is 0. The van der Waals surface area contributed by atoms with Gasteiger partial charge in [0.2, 0.25) is 5.91 Å². The molecule has 2 aromatic rings. The Hall–Kier alpha value is -2.44. The second kappa shape index (κ2) is 11.7. The van der Waals surface area contributed by atoms with Crippen LogP contribution in [0.2, 0.25) is 0 Å². The van der Waals surface area contributed by atoms with Crippen molar-refractivity contribution in [2.24, 2.45) is 11.8 Å². The monoisotopic (exact) mass is 433 g/mol. The molecule has 1 saturated heterocycles. The van der Waals surface area contributed by atoms with Crippen LogP contribution in [0.25, 0.3) is 0 Å². The van der Waals surface area contributed by atoms with Crippen LogP contribution in [-0.4, -0.2) is 24.9 Å². The molecule has 162 valence electrons. The van der Waals surface area contributed by atoms with Crippen molar-refractivity contribution in [1.82, 2.24) is 10.6 Å². The van der Waals surface area contributed by atoms with E-state index in [0.29, 0.717) is 36.1 Å². The molecule has 0 radical (unpaired) electrons. The van der Waals surface area contributed by atoms with Crippen molar-refractivity contribution in [2.45, 2.75) is 32.7 Å². The van der Waals surface area contributed by atoms with E-state index in [-0.39, 0.29) is 30.0 Å². The van der Waals surface area contributed by atoms with E-state index in [1.807, 2.05) is 12.1 Å². The maximum absolute atomic E-state index is 12.9. The number of hydrogen-bond donors (Lipinski definition) is 3. The van der Waals surface area contributed by atoms with E-state index in [0.717, 1.165) is 18.7 Å². The molecule has 0 spiro atoms. The summed E-state index contributed by atoms with van der Waals surface area (Å²) in [5.41, 5.74) is 1.97. The zero-order valence-corrected chi connectivity index (χ0v) is 17.9. The molecule has 30 heavy (non-hydrogen) atoms. The predicted molar refractivity (Wildman–Crippen MR) is 119 cm³/mol. The van der Waals surface area contributed by atoms with Crippen molar-refractivity contribution in [2.75, 3.05) is 18.4 Å². The number of hydrogen-bond acceptors (Lipinski definition) is 3. The summed E-state index contributed by atoms with van der Waals surface area (Å²) < 4.78 is 12.9. The zero-order chi connectivity index (χ0) is 20.6. The molecule has 1 aliphatic heterocycles. The maximum atomic E-state index is 12.9. The smallest absolute Gasteiger partial charge is 0.255 e. The van der Waals surface area contributed by atoms with Gasteiger partial charge in [-0.2, -0.15) is 0 Å². The Balaban J connectivity index is 0.00000320. The van der Waals surface area contributed by atoms with Crippen LogP contribution in [0.3, 0.4) is 0 Å². The van der Waals surface area contributed by atoms with Crippen molar-refractivity contribution in [1.29, 1.82) is 0 Å². The van der Waals surface area contributed by atoms with Crippen LogP contribution in [0.1, 0.15) is 42.1 Å². The van der Waals surface area contributed by atoms with E-state index in [9.17, 15) is 14.0 Å². The summed E-state index contributed by atoms with van der Waals surface area (Å²) in [6.45, 7) is 4.66. The standard InChI is InChI=1S/C23H28FN3O2.ClH/c1-16(19-3-2-12-25-15-19)13-22(28)26-14-17-4-6-18(7-5-17)23(29)27-21-10-8-20(24)9-11-21;/h4-11,16,19,25H,2-3,12-15H2,1H3,(H,26,28)(H,27,29);1H. The average Bonchev–Trinajstić information content (AvgIpc) is 2.75. The molecule has 3 N–H and O–H groups in total. The summed E-state index contributed by atoms with van der Waals surface area (Å²) in [6.07, 6.45) is 2.89. The van der Waals surface area contributed by atoms with Gasteiger partial charge >= 0.3 is 0 Å². The predicted octanol–water partition coefficient (Wildman–Crippen LogP) is 4.14. The van der Waals surface area contributed by atoms with E-state index >= 15 is 0 Å². The van der Waals surface area contributed by atoms with Crippen molar-refractivity contribution in [3.05, 3.63) is 65.5 Å². The number of nitrogens with one attached hydrogen (secondary N) is 3. The van der Waals surface area contributed by atoms with Gasteiger partial charge in [-0.25, -0.2) is 4.39 Å². The van der Waals surface area contributed by atoms with E-state index in [4.69, 9.17) is 0 Å². The van der Waals surface area contributed by atoms with Crippen LogP contribution in [0.5, 0.6) is 0 Å². The normalized spacial score (nSPS) is 16.8. The SMILES string of the molecule is CC(CC(=O)NCc1ccc(C(=O)Nc2ccc(F)cc2)cc1)C1CCCNC1.Cl. The molecule has 0 bridgehead atoms. The van der Waals surface area contributed by atoms with E-state index < -0.39 is 0 Å². The van der Waals surface area contributed by atoms with Gasteiger partial charge in [-0.3, -0.25) is 9.59 Å². The zero-order valence-electron chi connectivity index (χ0n) is 17.1. The van der Waals surface area contributed by atoms with E-state index in [1.54, 1.807) is 12.1 Å². The highest BCUT2D eigenvalue weighted by Crippen LogP contribution is 2.22. The van der Waals surface area contributed by atoms with Gasteiger partial charge in [0, 0.05) is 24.2 Å². The minimum atomic E-state index is -0.348. The molecule has 1 aliphatic rings. The van der Waals surface area contributed by atoms with Gasteiger partial charge in [0.1, 0.15) is 5.82 Å². The Labute approximate surface area is 183 Å². The van der Waals surface area contributed by atoms with Gasteiger partial charge in [-0.05, 0) is 79.7 Å². The highest BCUT2D eigenvalue weighted by Gasteiger charge is 2.21. The first-order valence-corrected chi connectivity index (χ1v) is 10.1. The topological polar surface area (TPSA) is 70.2 Å². The van der Waals surface area contributed by atoms with Gasteiger partial charge in [0.05, 0.1) is 0 Å². The Morgan fingerprint density at radius 2 is 1.83 bits per heavy atom. The Kier molecular flexibility index (Phi) is 9.27. The minimum absolute atomic E-state index is 0. The number of amides is 2. The molecule has 1 fully saturated rings. The first-order chi connectivity index (χ1) is 14.0. The van der Waals surface area contributed by atoms with Gasteiger partial charge < -0.3 is 16.0 Å². The molecule has 2 aromatic carbocycles. The first kappa shape index (κ1) is 23.8. The number of rotatable bonds is 7. The lowest BCUT2D eigenvalue weighted by Gasteiger charge is -2.28. The summed E-state index contributed by atoms with van der Waals surface area (Å²) in [6, 6.07) is 12.7. The molecule has 7 heteroatoms. The molecular formula is C23H29ClFN3O2. The summed E-state index contributed by atoms with van der Waals surface area (Å²) in [5.74, 6) is 0.372. The molecule has 1 heterocycles. The van der Waals surface area contributed by atoms with Crippen LogP contribution in [-0.2, 0) is 11.3 Å². The number of carbonyl (C=O) groups excluding carboxylic acids is 2. The van der Waals surface area contributed by atoms with E-state index in [2.05, 4.69) is 22.9 Å². The molecule has 2 unspecified atom stereocenters.